The molecule has 0 spiro atoms. The van der Waals surface area contributed by atoms with Crippen molar-refractivity contribution in [2.24, 2.45) is 0 Å². The van der Waals surface area contributed by atoms with Gasteiger partial charge in [-0.1, -0.05) is 0 Å². The minimum Gasteiger partial charge on any atom is -0.464 e. The van der Waals surface area contributed by atoms with E-state index in [0.717, 1.165) is 23.1 Å². The fourth-order valence-electron chi connectivity index (χ4n) is 2.23. The number of hydrogen-bond acceptors (Lipinski definition) is 6. The van der Waals surface area contributed by atoms with Crippen molar-refractivity contribution in [3.8, 4) is 0 Å². The molecular formula is C13H21N3O2S. The zero-order valence-electron chi connectivity index (χ0n) is 11.8. The Kier molecular flexibility index (Phi) is 4.76. The Labute approximate surface area is 118 Å². The summed E-state index contributed by atoms with van der Waals surface area (Å²) in [6.07, 6.45) is 2.62. The number of aromatic nitrogens is 1. The predicted molar refractivity (Wildman–Crippen MR) is 77.1 cm³/mol. The number of esters is 1. The van der Waals surface area contributed by atoms with Gasteiger partial charge < -0.3 is 14.5 Å². The first kappa shape index (κ1) is 14.3. The second kappa shape index (κ2) is 6.34. The maximum Gasteiger partial charge on any atom is 0.357 e. The van der Waals surface area contributed by atoms with Crippen LogP contribution in [0.2, 0.25) is 0 Å². The first-order valence-electron chi connectivity index (χ1n) is 6.61. The van der Waals surface area contributed by atoms with E-state index in [2.05, 4.69) is 14.8 Å². The van der Waals surface area contributed by atoms with E-state index in [1.165, 1.54) is 33.0 Å². The van der Waals surface area contributed by atoms with Crippen LogP contribution in [0.25, 0.3) is 0 Å². The summed E-state index contributed by atoms with van der Waals surface area (Å²) < 4.78 is 4.73. The van der Waals surface area contributed by atoms with Crippen molar-refractivity contribution >= 4 is 22.4 Å². The fourth-order valence-corrected chi connectivity index (χ4v) is 3.11. The molecule has 0 unspecified atom stereocenters. The van der Waals surface area contributed by atoms with Gasteiger partial charge in [-0.2, -0.15) is 0 Å². The van der Waals surface area contributed by atoms with E-state index in [-0.39, 0.29) is 5.97 Å². The quantitative estimate of drug-likeness (QED) is 0.771. The minimum atomic E-state index is -0.354. The second-order valence-corrected chi connectivity index (χ2v) is 6.04. The first-order valence-corrected chi connectivity index (χ1v) is 7.42. The molecule has 0 aliphatic carbocycles. The van der Waals surface area contributed by atoms with Crippen LogP contribution in [0.4, 0.5) is 5.13 Å². The Balaban J connectivity index is 1.94. The average molecular weight is 283 g/mol. The molecule has 1 aromatic heterocycles. The fraction of sp³-hybridized carbons (Fsp3) is 0.692. The molecule has 19 heavy (non-hydrogen) atoms. The van der Waals surface area contributed by atoms with Crippen LogP contribution in [-0.4, -0.2) is 56.2 Å². The monoisotopic (exact) mass is 283 g/mol. The highest BCUT2D eigenvalue weighted by Crippen LogP contribution is 2.25. The largest absolute Gasteiger partial charge is 0.464 e. The Morgan fingerprint density at radius 2 is 2.16 bits per heavy atom. The van der Waals surface area contributed by atoms with Crippen molar-refractivity contribution in [2.45, 2.75) is 19.8 Å². The van der Waals surface area contributed by atoms with Gasteiger partial charge in [-0.05, 0) is 32.9 Å². The number of likely N-dealkylation sites (N-methyl/N-ethyl adjacent to an activating group) is 1. The number of anilines is 1. The van der Waals surface area contributed by atoms with Crippen LogP contribution in [-0.2, 0) is 4.74 Å². The number of nitrogens with zero attached hydrogens (tertiary/aromatic N) is 3. The highest BCUT2D eigenvalue weighted by Gasteiger charge is 2.18. The maximum atomic E-state index is 11.5. The number of hydrogen-bond donors (Lipinski definition) is 0. The summed E-state index contributed by atoms with van der Waals surface area (Å²) >= 11 is 1.54. The van der Waals surface area contributed by atoms with Crippen LogP contribution >= 0.6 is 11.3 Å². The summed E-state index contributed by atoms with van der Waals surface area (Å²) in [4.78, 5) is 21.4. The molecule has 1 fully saturated rings. The predicted octanol–water partition coefficient (Wildman–Crippen LogP) is 1.77. The summed E-state index contributed by atoms with van der Waals surface area (Å²) in [6, 6.07) is 0. The van der Waals surface area contributed by atoms with Gasteiger partial charge in [0.15, 0.2) is 10.8 Å². The lowest BCUT2D eigenvalue weighted by molar-refractivity contribution is 0.0594. The van der Waals surface area contributed by atoms with E-state index in [1.807, 2.05) is 14.0 Å². The molecule has 5 nitrogen and oxygen atoms in total. The lowest BCUT2D eigenvalue weighted by Crippen LogP contribution is -2.31. The number of likely N-dealkylation sites (tertiary alicyclic amines) is 1. The molecule has 1 aliphatic rings. The third-order valence-electron chi connectivity index (χ3n) is 3.44. The van der Waals surface area contributed by atoms with Gasteiger partial charge in [0.1, 0.15) is 0 Å². The van der Waals surface area contributed by atoms with Crippen molar-refractivity contribution in [2.75, 3.05) is 45.2 Å². The number of thiazole rings is 1. The van der Waals surface area contributed by atoms with Crippen LogP contribution in [0.15, 0.2) is 0 Å². The molecule has 2 heterocycles. The number of carbonyl (C=O) groups excluding carboxylic acids is 1. The van der Waals surface area contributed by atoms with E-state index in [0.29, 0.717) is 5.69 Å². The highest BCUT2D eigenvalue weighted by molar-refractivity contribution is 7.15. The summed E-state index contributed by atoms with van der Waals surface area (Å²) in [5, 5.41) is 0.886. The number of aryl methyl sites for hydroxylation is 1. The molecule has 0 radical (unpaired) electrons. The van der Waals surface area contributed by atoms with Gasteiger partial charge in [0.25, 0.3) is 0 Å². The van der Waals surface area contributed by atoms with Crippen molar-refractivity contribution in [3.63, 3.8) is 0 Å². The summed E-state index contributed by atoms with van der Waals surface area (Å²) in [7, 11) is 3.41. The third-order valence-corrected chi connectivity index (χ3v) is 4.53. The Morgan fingerprint density at radius 3 is 2.79 bits per heavy atom. The Hall–Kier alpha value is -1.14. The lowest BCUT2D eigenvalue weighted by atomic mass is 10.4. The van der Waals surface area contributed by atoms with E-state index in [4.69, 9.17) is 4.74 Å². The van der Waals surface area contributed by atoms with E-state index < -0.39 is 0 Å². The summed E-state index contributed by atoms with van der Waals surface area (Å²) in [5.41, 5.74) is 0.440. The topological polar surface area (TPSA) is 45.7 Å². The molecule has 0 amide bonds. The first-order chi connectivity index (χ1) is 9.11. The molecular weight excluding hydrogens is 262 g/mol. The molecule has 6 heteroatoms. The Bertz CT molecular complexity index is 441. The maximum absolute atomic E-state index is 11.5. The average Bonchev–Trinajstić information content (AvgIpc) is 3.04. The molecule has 0 atom stereocenters. The zero-order chi connectivity index (χ0) is 13.8. The van der Waals surface area contributed by atoms with Crippen LogP contribution in [0.5, 0.6) is 0 Å². The highest BCUT2D eigenvalue weighted by atomic mass is 32.1. The van der Waals surface area contributed by atoms with Gasteiger partial charge in [-0.3, -0.25) is 0 Å². The van der Waals surface area contributed by atoms with Crippen molar-refractivity contribution in [3.05, 3.63) is 10.6 Å². The normalized spacial score (nSPS) is 15.7. The molecule has 1 saturated heterocycles. The van der Waals surface area contributed by atoms with Crippen LogP contribution in [0, 0.1) is 6.92 Å². The number of carbonyl (C=O) groups is 1. The SMILES string of the molecule is COC(=O)c1nc(N(C)CCN2CCCC2)sc1C. The molecule has 1 aliphatic heterocycles. The lowest BCUT2D eigenvalue weighted by Gasteiger charge is -2.20. The third kappa shape index (κ3) is 3.45. The number of ether oxygens (including phenoxy) is 1. The van der Waals surface area contributed by atoms with Crippen molar-refractivity contribution in [1.29, 1.82) is 0 Å². The number of rotatable bonds is 5. The molecule has 1 aromatic rings. The number of methoxy groups -OCH3 is 1. The van der Waals surface area contributed by atoms with Gasteiger partial charge in [0.2, 0.25) is 0 Å². The molecule has 0 N–H and O–H groups in total. The molecule has 0 bridgehead atoms. The van der Waals surface area contributed by atoms with Gasteiger partial charge >= 0.3 is 5.97 Å². The van der Waals surface area contributed by atoms with Gasteiger partial charge in [-0.25, -0.2) is 9.78 Å². The van der Waals surface area contributed by atoms with E-state index >= 15 is 0 Å². The van der Waals surface area contributed by atoms with Crippen LogP contribution in [0.1, 0.15) is 28.2 Å². The standard InChI is InChI=1S/C13H21N3O2S/c1-10-11(12(17)18-3)14-13(19-10)15(2)8-9-16-6-4-5-7-16/h4-9H2,1-3H3. The molecule has 2 rings (SSSR count). The minimum absolute atomic E-state index is 0.354. The van der Waals surface area contributed by atoms with Crippen LogP contribution < -0.4 is 4.90 Å². The van der Waals surface area contributed by atoms with E-state index in [9.17, 15) is 4.79 Å². The second-order valence-electron chi connectivity index (χ2n) is 4.86. The van der Waals surface area contributed by atoms with Gasteiger partial charge in [0.05, 0.1) is 7.11 Å². The van der Waals surface area contributed by atoms with Gasteiger partial charge in [-0.15, -0.1) is 11.3 Å². The van der Waals surface area contributed by atoms with Gasteiger partial charge in [0, 0.05) is 25.0 Å². The van der Waals surface area contributed by atoms with Crippen molar-refractivity contribution in [1.82, 2.24) is 9.88 Å². The molecule has 106 valence electrons. The van der Waals surface area contributed by atoms with Crippen LogP contribution in [0.3, 0.4) is 0 Å². The zero-order valence-corrected chi connectivity index (χ0v) is 12.6. The molecule has 0 aromatic carbocycles. The van der Waals surface area contributed by atoms with Crippen molar-refractivity contribution < 1.29 is 9.53 Å². The summed E-state index contributed by atoms with van der Waals surface area (Å²) in [5.74, 6) is -0.354. The smallest absolute Gasteiger partial charge is 0.357 e. The summed E-state index contributed by atoms with van der Waals surface area (Å²) in [6.45, 7) is 6.31. The van der Waals surface area contributed by atoms with E-state index in [1.54, 1.807) is 11.3 Å². The Morgan fingerprint density at radius 1 is 1.47 bits per heavy atom. The molecule has 0 saturated carbocycles.